The van der Waals surface area contributed by atoms with Crippen molar-refractivity contribution in [1.29, 1.82) is 0 Å². The van der Waals surface area contributed by atoms with Gasteiger partial charge in [-0.15, -0.1) is 0 Å². The van der Waals surface area contributed by atoms with E-state index in [9.17, 15) is 0 Å². The Bertz CT molecular complexity index is 192. The number of nitrogens with one attached hydrogen (secondary N) is 1. The van der Waals surface area contributed by atoms with Gasteiger partial charge in [-0.25, -0.2) is 0 Å². The van der Waals surface area contributed by atoms with Gasteiger partial charge in [-0.3, -0.25) is 0 Å². The van der Waals surface area contributed by atoms with E-state index < -0.39 is 0 Å². The van der Waals surface area contributed by atoms with Gasteiger partial charge in [-0.05, 0) is 62.4 Å². The molecule has 2 fully saturated rings. The van der Waals surface area contributed by atoms with Gasteiger partial charge < -0.3 is 5.32 Å². The fraction of sp³-hybridized carbons (Fsp3) is 1.00. The average molecular weight is 223 g/mol. The summed E-state index contributed by atoms with van der Waals surface area (Å²) in [5.41, 5.74) is 0. The Labute approximate surface area is 101 Å². The lowest BCUT2D eigenvalue weighted by molar-refractivity contribution is 0.119. The molecule has 0 amide bonds. The van der Waals surface area contributed by atoms with Crippen LogP contribution in [0.2, 0.25) is 0 Å². The van der Waals surface area contributed by atoms with Crippen LogP contribution >= 0.6 is 0 Å². The molecule has 1 aliphatic heterocycles. The van der Waals surface area contributed by atoms with Crippen LogP contribution in [-0.4, -0.2) is 13.1 Å². The van der Waals surface area contributed by atoms with E-state index in [1.54, 1.807) is 0 Å². The van der Waals surface area contributed by atoms with E-state index in [1.807, 2.05) is 0 Å². The maximum atomic E-state index is 3.60. The van der Waals surface area contributed by atoms with E-state index in [4.69, 9.17) is 0 Å². The first-order chi connectivity index (χ1) is 7.81. The Hall–Kier alpha value is -0.0400. The van der Waals surface area contributed by atoms with Crippen LogP contribution in [-0.2, 0) is 0 Å². The van der Waals surface area contributed by atoms with Crippen LogP contribution in [0.5, 0.6) is 0 Å². The summed E-state index contributed by atoms with van der Waals surface area (Å²) >= 11 is 0. The Morgan fingerprint density at radius 2 is 1.81 bits per heavy atom. The van der Waals surface area contributed by atoms with E-state index in [1.165, 1.54) is 58.0 Å². The smallest absolute Gasteiger partial charge is 0.00178 e. The zero-order valence-electron chi connectivity index (χ0n) is 11.2. The van der Waals surface area contributed by atoms with Crippen molar-refractivity contribution in [3.05, 3.63) is 0 Å². The molecule has 16 heavy (non-hydrogen) atoms. The summed E-state index contributed by atoms with van der Waals surface area (Å²) in [7, 11) is 0. The first-order valence-electron chi connectivity index (χ1n) is 7.52. The van der Waals surface area contributed by atoms with Crippen molar-refractivity contribution in [2.75, 3.05) is 13.1 Å². The maximum absolute atomic E-state index is 3.60. The van der Waals surface area contributed by atoms with E-state index in [0.29, 0.717) is 0 Å². The minimum Gasteiger partial charge on any atom is -0.316 e. The van der Waals surface area contributed by atoms with Crippen LogP contribution in [0.3, 0.4) is 0 Å². The fourth-order valence-corrected chi connectivity index (χ4v) is 3.96. The maximum Gasteiger partial charge on any atom is -0.00178 e. The molecule has 1 heterocycles. The lowest BCUT2D eigenvalue weighted by Crippen LogP contribution is -2.40. The molecule has 1 heteroatoms. The third-order valence-electron chi connectivity index (χ3n) is 4.99. The first kappa shape index (κ1) is 12.4. The minimum atomic E-state index is 0.983. The molecule has 0 bridgehead atoms. The second-order valence-corrected chi connectivity index (χ2v) is 6.23. The molecular formula is C15H29N. The van der Waals surface area contributed by atoms with E-state index in [0.717, 1.165) is 23.7 Å². The average Bonchev–Trinajstić information content (AvgIpc) is 2.32. The SMILES string of the molecule is CCCC1CNCCC1C1CCC(C)CC1. The second kappa shape index (κ2) is 6.05. The van der Waals surface area contributed by atoms with Gasteiger partial charge in [-0.2, -0.15) is 0 Å². The van der Waals surface area contributed by atoms with Gasteiger partial charge in [0.05, 0.1) is 0 Å². The molecule has 2 atom stereocenters. The van der Waals surface area contributed by atoms with Gasteiger partial charge in [0.25, 0.3) is 0 Å². The Morgan fingerprint density at radius 3 is 2.50 bits per heavy atom. The standard InChI is InChI=1S/C15H29N/c1-3-4-14-11-16-10-9-15(14)13-7-5-12(2)6-8-13/h12-16H,3-11H2,1-2H3. The van der Waals surface area contributed by atoms with Gasteiger partial charge in [0.2, 0.25) is 0 Å². The predicted molar refractivity (Wildman–Crippen MR) is 70.5 cm³/mol. The van der Waals surface area contributed by atoms with Crippen molar-refractivity contribution in [2.24, 2.45) is 23.7 Å². The van der Waals surface area contributed by atoms with Crippen molar-refractivity contribution >= 4 is 0 Å². The number of hydrogen-bond donors (Lipinski definition) is 1. The molecule has 1 nitrogen and oxygen atoms in total. The highest BCUT2D eigenvalue weighted by Crippen LogP contribution is 2.40. The van der Waals surface area contributed by atoms with Crippen molar-refractivity contribution in [1.82, 2.24) is 5.32 Å². The Kier molecular flexibility index (Phi) is 4.69. The highest BCUT2D eigenvalue weighted by molar-refractivity contribution is 4.85. The molecule has 0 radical (unpaired) electrons. The van der Waals surface area contributed by atoms with Crippen molar-refractivity contribution < 1.29 is 0 Å². The summed E-state index contributed by atoms with van der Waals surface area (Å²) in [4.78, 5) is 0. The minimum absolute atomic E-state index is 0.983. The zero-order valence-corrected chi connectivity index (χ0v) is 11.2. The summed E-state index contributed by atoms with van der Waals surface area (Å²) in [5.74, 6) is 4.10. The molecule has 94 valence electrons. The largest absolute Gasteiger partial charge is 0.316 e. The highest BCUT2D eigenvalue weighted by atomic mass is 14.9. The van der Waals surface area contributed by atoms with Gasteiger partial charge in [-0.1, -0.05) is 33.1 Å². The Balaban J connectivity index is 1.89. The van der Waals surface area contributed by atoms with E-state index in [-0.39, 0.29) is 0 Å². The van der Waals surface area contributed by atoms with Crippen LogP contribution < -0.4 is 5.32 Å². The molecule has 1 N–H and O–H groups in total. The molecule has 0 aromatic carbocycles. The third kappa shape index (κ3) is 3.00. The quantitative estimate of drug-likeness (QED) is 0.766. The first-order valence-corrected chi connectivity index (χ1v) is 7.52. The number of hydrogen-bond acceptors (Lipinski definition) is 1. The summed E-state index contributed by atoms with van der Waals surface area (Å²) < 4.78 is 0. The van der Waals surface area contributed by atoms with Gasteiger partial charge in [0, 0.05) is 0 Å². The third-order valence-corrected chi connectivity index (χ3v) is 4.99. The van der Waals surface area contributed by atoms with Crippen LogP contribution in [0, 0.1) is 23.7 Å². The zero-order chi connectivity index (χ0) is 11.4. The molecule has 0 spiro atoms. The summed E-state index contributed by atoms with van der Waals surface area (Å²) in [6.45, 7) is 7.35. The van der Waals surface area contributed by atoms with Crippen LogP contribution in [0.4, 0.5) is 0 Å². The molecule has 1 aliphatic carbocycles. The molecule has 1 saturated heterocycles. The van der Waals surface area contributed by atoms with Crippen LogP contribution in [0.25, 0.3) is 0 Å². The lowest BCUT2D eigenvalue weighted by Gasteiger charge is -2.40. The lowest BCUT2D eigenvalue weighted by atomic mass is 9.68. The van der Waals surface area contributed by atoms with E-state index >= 15 is 0 Å². The predicted octanol–water partition coefficient (Wildman–Crippen LogP) is 3.84. The van der Waals surface area contributed by atoms with Gasteiger partial charge in [0.1, 0.15) is 0 Å². The van der Waals surface area contributed by atoms with Gasteiger partial charge >= 0.3 is 0 Å². The number of rotatable bonds is 3. The fourth-order valence-electron chi connectivity index (χ4n) is 3.96. The van der Waals surface area contributed by atoms with Crippen LogP contribution in [0.1, 0.15) is 58.8 Å². The van der Waals surface area contributed by atoms with Crippen molar-refractivity contribution in [3.8, 4) is 0 Å². The van der Waals surface area contributed by atoms with Crippen molar-refractivity contribution in [3.63, 3.8) is 0 Å². The van der Waals surface area contributed by atoms with Crippen LogP contribution in [0.15, 0.2) is 0 Å². The topological polar surface area (TPSA) is 12.0 Å². The Morgan fingerprint density at radius 1 is 1.06 bits per heavy atom. The molecule has 0 aromatic rings. The highest BCUT2D eigenvalue weighted by Gasteiger charge is 2.32. The molecule has 1 saturated carbocycles. The van der Waals surface area contributed by atoms with E-state index in [2.05, 4.69) is 19.2 Å². The molecular weight excluding hydrogens is 194 g/mol. The monoisotopic (exact) mass is 223 g/mol. The molecule has 2 rings (SSSR count). The molecule has 2 unspecified atom stereocenters. The molecule has 2 aliphatic rings. The van der Waals surface area contributed by atoms with Gasteiger partial charge in [0.15, 0.2) is 0 Å². The summed E-state index contributed by atoms with van der Waals surface area (Å²) in [6.07, 6.45) is 10.3. The molecule has 0 aromatic heterocycles. The summed E-state index contributed by atoms with van der Waals surface area (Å²) in [6, 6.07) is 0. The van der Waals surface area contributed by atoms with Crippen molar-refractivity contribution in [2.45, 2.75) is 58.8 Å². The summed E-state index contributed by atoms with van der Waals surface area (Å²) in [5, 5.41) is 3.60. The second-order valence-electron chi connectivity index (χ2n) is 6.23. The number of piperidine rings is 1. The normalized spacial score (nSPS) is 40.9.